The van der Waals surface area contributed by atoms with Gasteiger partial charge in [0.1, 0.15) is 23.4 Å². The molecule has 0 fully saturated rings. The molecule has 0 saturated carbocycles. The molecule has 2 aromatic carbocycles. The third kappa shape index (κ3) is 7.99. The van der Waals surface area contributed by atoms with Gasteiger partial charge in [0.05, 0.1) is 13.7 Å². The Balaban J connectivity index is 2.37. The van der Waals surface area contributed by atoms with Crippen LogP contribution in [0.3, 0.4) is 0 Å². The lowest BCUT2D eigenvalue weighted by Gasteiger charge is -2.33. The zero-order chi connectivity index (χ0) is 26.2. The number of hydrogen-bond donors (Lipinski definition) is 3. The number of nitrogens with zero attached hydrogens (tertiary/aromatic N) is 1. The Labute approximate surface area is 206 Å². The van der Waals surface area contributed by atoms with Gasteiger partial charge >= 0.3 is 6.09 Å². The van der Waals surface area contributed by atoms with Crippen molar-refractivity contribution >= 4 is 23.6 Å². The average Bonchev–Trinajstić information content (AvgIpc) is 2.79. The van der Waals surface area contributed by atoms with E-state index in [1.165, 1.54) is 4.90 Å². The molecule has 9 nitrogen and oxygen atoms in total. The minimum Gasteiger partial charge on any atom is -0.497 e. The number of nitrogens with one attached hydrogen (secondary N) is 2. The second kappa shape index (κ2) is 12.2. The number of carbonyl (C=O) groups is 3. The average molecular weight is 486 g/mol. The Kier molecular flexibility index (Phi) is 9.65. The van der Waals surface area contributed by atoms with Crippen molar-refractivity contribution in [3.8, 4) is 5.75 Å². The summed E-state index contributed by atoms with van der Waals surface area (Å²) in [6, 6.07) is 11.8. The molecule has 2 rings (SSSR count). The number of aryl methyl sites for hydroxylation is 1. The van der Waals surface area contributed by atoms with E-state index in [-0.39, 0.29) is 6.54 Å². The molecule has 2 aromatic rings. The monoisotopic (exact) mass is 485 g/mol. The Morgan fingerprint density at radius 1 is 1.09 bits per heavy atom. The van der Waals surface area contributed by atoms with Crippen molar-refractivity contribution in [2.24, 2.45) is 0 Å². The number of aliphatic hydroxyl groups excluding tert-OH is 1. The molecular weight excluding hydrogens is 450 g/mol. The molecule has 0 heterocycles. The van der Waals surface area contributed by atoms with E-state index >= 15 is 0 Å². The first-order valence-electron chi connectivity index (χ1n) is 11.4. The van der Waals surface area contributed by atoms with Crippen molar-refractivity contribution < 1.29 is 29.0 Å². The van der Waals surface area contributed by atoms with Crippen LogP contribution in [-0.2, 0) is 14.3 Å². The molecular formula is C26H35N3O6. The van der Waals surface area contributed by atoms with Crippen molar-refractivity contribution in [2.45, 2.75) is 52.3 Å². The molecule has 0 aliphatic carbocycles. The Morgan fingerprint density at radius 3 is 2.26 bits per heavy atom. The molecule has 0 radical (unpaired) electrons. The Morgan fingerprint density at radius 2 is 1.74 bits per heavy atom. The summed E-state index contributed by atoms with van der Waals surface area (Å²) < 4.78 is 10.4. The van der Waals surface area contributed by atoms with Gasteiger partial charge < -0.3 is 30.1 Å². The maximum atomic E-state index is 13.5. The summed E-state index contributed by atoms with van der Waals surface area (Å²) >= 11 is 0. The summed E-state index contributed by atoms with van der Waals surface area (Å²) in [6.45, 7) is 8.19. The minimum absolute atomic E-state index is 0.153. The van der Waals surface area contributed by atoms with Gasteiger partial charge in [-0.15, -0.1) is 0 Å². The van der Waals surface area contributed by atoms with Crippen LogP contribution in [0.2, 0.25) is 0 Å². The lowest BCUT2D eigenvalue weighted by Crippen LogP contribution is -2.53. The number of likely N-dealkylation sites (N-methyl/N-ethyl adjacent to an activating group) is 1. The fourth-order valence-corrected chi connectivity index (χ4v) is 3.50. The van der Waals surface area contributed by atoms with Gasteiger partial charge in [0.25, 0.3) is 5.91 Å². The number of rotatable bonds is 9. The highest BCUT2D eigenvalue weighted by molar-refractivity contribution is 5.99. The predicted molar refractivity (Wildman–Crippen MR) is 133 cm³/mol. The number of hydrogen-bond acceptors (Lipinski definition) is 6. The Hall–Kier alpha value is -3.59. The van der Waals surface area contributed by atoms with Crippen LogP contribution in [0.15, 0.2) is 48.5 Å². The van der Waals surface area contributed by atoms with E-state index in [1.54, 1.807) is 71.2 Å². The standard InChI is InChI=1S/C26H35N3O6/c1-7-29(24(32)21(16-30)28-25(33)35-26(3,4)5)22(18-10-8-9-17(2)15-18)23(31)27-19-11-13-20(34-6)14-12-19/h8-15,21-22,30H,7,16H2,1-6H3,(H,27,31)(H,28,33). The molecule has 0 aliphatic rings. The van der Waals surface area contributed by atoms with E-state index in [0.717, 1.165) is 5.56 Å². The van der Waals surface area contributed by atoms with Crippen LogP contribution in [0, 0.1) is 6.92 Å². The maximum Gasteiger partial charge on any atom is 0.408 e. The molecule has 2 unspecified atom stereocenters. The summed E-state index contributed by atoms with van der Waals surface area (Å²) in [5.41, 5.74) is 1.27. The highest BCUT2D eigenvalue weighted by Gasteiger charge is 2.35. The zero-order valence-electron chi connectivity index (χ0n) is 21.1. The van der Waals surface area contributed by atoms with E-state index in [2.05, 4.69) is 10.6 Å². The molecule has 0 spiro atoms. The van der Waals surface area contributed by atoms with Crippen molar-refractivity contribution in [3.05, 3.63) is 59.7 Å². The summed E-state index contributed by atoms with van der Waals surface area (Å²) in [5.74, 6) is -0.412. The maximum absolute atomic E-state index is 13.5. The van der Waals surface area contributed by atoms with Gasteiger partial charge in [-0.25, -0.2) is 4.79 Å². The molecule has 3 amide bonds. The second-order valence-electron chi connectivity index (χ2n) is 9.04. The molecule has 0 aromatic heterocycles. The number of benzene rings is 2. The molecule has 0 bridgehead atoms. The van der Waals surface area contributed by atoms with Crippen molar-refractivity contribution in [2.75, 3.05) is 25.6 Å². The largest absolute Gasteiger partial charge is 0.497 e. The predicted octanol–water partition coefficient (Wildman–Crippen LogP) is 3.42. The Bertz CT molecular complexity index is 1020. The molecule has 0 aliphatic heterocycles. The lowest BCUT2D eigenvalue weighted by atomic mass is 10.0. The molecule has 35 heavy (non-hydrogen) atoms. The summed E-state index contributed by atoms with van der Waals surface area (Å²) in [7, 11) is 1.55. The van der Waals surface area contributed by atoms with Crippen molar-refractivity contribution in [3.63, 3.8) is 0 Å². The van der Waals surface area contributed by atoms with Gasteiger partial charge in [-0.3, -0.25) is 9.59 Å². The second-order valence-corrected chi connectivity index (χ2v) is 9.04. The number of ether oxygens (including phenoxy) is 2. The number of alkyl carbamates (subject to hydrolysis) is 1. The van der Waals surface area contributed by atoms with Gasteiger partial charge in [-0.1, -0.05) is 29.8 Å². The fourth-order valence-electron chi connectivity index (χ4n) is 3.50. The SMILES string of the molecule is CCN(C(=O)C(CO)NC(=O)OC(C)(C)C)C(C(=O)Nc1ccc(OC)cc1)c1cccc(C)c1. The van der Waals surface area contributed by atoms with Crippen molar-refractivity contribution in [1.29, 1.82) is 0 Å². The number of amides is 3. The van der Waals surface area contributed by atoms with E-state index < -0.39 is 42.2 Å². The van der Waals surface area contributed by atoms with E-state index in [4.69, 9.17) is 9.47 Å². The van der Waals surface area contributed by atoms with E-state index in [0.29, 0.717) is 17.0 Å². The van der Waals surface area contributed by atoms with Crippen LogP contribution in [0.1, 0.15) is 44.9 Å². The molecule has 9 heteroatoms. The summed E-state index contributed by atoms with van der Waals surface area (Å²) in [4.78, 5) is 40.5. The summed E-state index contributed by atoms with van der Waals surface area (Å²) in [5, 5.41) is 15.1. The normalized spacial score (nSPS) is 12.8. The molecule has 3 N–H and O–H groups in total. The van der Waals surface area contributed by atoms with Crippen LogP contribution < -0.4 is 15.4 Å². The number of carbonyl (C=O) groups excluding carboxylic acids is 3. The van der Waals surface area contributed by atoms with Crippen LogP contribution in [0.4, 0.5) is 10.5 Å². The molecule has 2 atom stereocenters. The highest BCUT2D eigenvalue weighted by atomic mass is 16.6. The minimum atomic E-state index is -1.29. The zero-order valence-corrected chi connectivity index (χ0v) is 21.1. The van der Waals surface area contributed by atoms with Crippen LogP contribution >= 0.6 is 0 Å². The topological polar surface area (TPSA) is 117 Å². The number of aliphatic hydroxyl groups is 1. The van der Waals surface area contributed by atoms with Gasteiger partial charge in [-0.05, 0) is 64.4 Å². The first-order chi connectivity index (χ1) is 16.5. The van der Waals surface area contributed by atoms with Crippen molar-refractivity contribution in [1.82, 2.24) is 10.2 Å². The third-order valence-electron chi connectivity index (χ3n) is 5.07. The first kappa shape index (κ1) is 27.7. The quantitative estimate of drug-likeness (QED) is 0.501. The van der Waals surface area contributed by atoms with Gasteiger partial charge in [0.15, 0.2) is 0 Å². The third-order valence-corrected chi connectivity index (χ3v) is 5.07. The fraction of sp³-hybridized carbons (Fsp3) is 0.423. The van der Waals surface area contributed by atoms with E-state index in [1.807, 2.05) is 19.1 Å². The number of anilines is 1. The molecule has 0 saturated heterocycles. The molecule has 190 valence electrons. The van der Waals surface area contributed by atoms with Gasteiger partial charge in [0.2, 0.25) is 5.91 Å². The van der Waals surface area contributed by atoms with Crippen LogP contribution in [-0.4, -0.2) is 59.8 Å². The highest BCUT2D eigenvalue weighted by Crippen LogP contribution is 2.25. The van der Waals surface area contributed by atoms with Gasteiger partial charge in [-0.2, -0.15) is 0 Å². The van der Waals surface area contributed by atoms with Crippen LogP contribution in [0.25, 0.3) is 0 Å². The van der Waals surface area contributed by atoms with E-state index in [9.17, 15) is 19.5 Å². The van der Waals surface area contributed by atoms with Crippen LogP contribution in [0.5, 0.6) is 5.75 Å². The smallest absolute Gasteiger partial charge is 0.408 e. The van der Waals surface area contributed by atoms with Gasteiger partial charge in [0, 0.05) is 12.2 Å². The summed E-state index contributed by atoms with van der Waals surface area (Å²) in [6.07, 6.45) is -0.837. The first-order valence-corrected chi connectivity index (χ1v) is 11.4. The number of methoxy groups -OCH3 is 1. The lowest BCUT2D eigenvalue weighted by molar-refractivity contribution is -0.141.